The second kappa shape index (κ2) is 7.20. The zero-order valence-electron chi connectivity index (χ0n) is 15.5. The maximum absolute atomic E-state index is 13.7. The number of likely N-dealkylation sites (tertiary alicyclic amines) is 1. The first-order valence-corrected chi connectivity index (χ1v) is 9.29. The van der Waals surface area contributed by atoms with Gasteiger partial charge in [-0.05, 0) is 66.8 Å². The zero-order chi connectivity index (χ0) is 19.9. The van der Waals surface area contributed by atoms with Crippen molar-refractivity contribution in [3.05, 3.63) is 65.2 Å². The number of halogens is 4. The van der Waals surface area contributed by atoms with Crippen molar-refractivity contribution in [2.75, 3.05) is 13.1 Å². The third-order valence-electron chi connectivity index (χ3n) is 5.42. The van der Waals surface area contributed by atoms with Crippen LogP contribution in [0.1, 0.15) is 35.4 Å². The predicted molar refractivity (Wildman–Crippen MR) is 99.4 cm³/mol. The molecule has 1 saturated heterocycles. The van der Waals surface area contributed by atoms with Gasteiger partial charge in [0.15, 0.2) is 0 Å². The molecule has 28 heavy (non-hydrogen) atoms. The second-order valence-corrected chi connectivity index (χ2v) is 7.52. The van der Waals surface area contributed by atoms with Gasteiger partial charge in [0, 0.05) is 20.1 Å². The van der Waals surface area contributed by atoms with Crippen molar-refractivity contribution < 1.29 is 17.6 Å². The highest BCUT2D eigenvalue weighted by atomic mass is 19.4. The number of aromatic nitrogens is 2. The molecule has 1 aliphatic heterocycles. The van der Waals surface area contributed by atoms with Gasteiger partial charge in [-0.15, -0.1) is 0 Å². The maximum Gasteiger partial charge on any atom is 0.416 e. The number of hydrogen-bond donors (Lipinski definition) is 0. The monoisotopic (exact) mass is 391 g/mol. The van der Waals surface area contributed by atoms with E-state index in [1.807, 2.05) is 17.7 Å². The number of aryl methyl sites for hydroxylation is 1. The molecule has 1 aliphatic rings. The molecule has 4 rings (SSSR count). The van der Waals surface area contributed by atoms with Crippen molar-refractivity contribution in [1.82, 2.24) is 14.5 Å². The molecule has 7 heteroatoms. The normalized spacial score (nSPS) is 18.7. The summed E-state index contributed by atoms with van der Waals surface area (Å²) in [5.74, 6) is -0.552. The predicted octanol–water partition coefficient (Wildman–Crippen LogP) is 5.11. The minimum atomic E-state index is -4.54. The van der Waals surface area contributed by atoms with E-state index in [4.69, 9.17) is 0 Å². The van der Waals surface area contributed by atoms with Crippen molar-refractivity contribution >= 4 is 11.0 Å². The van der Waals surface area contributed by atoms with E-state index in [0.717, 1.165) is 43.0 Å². The van der Waals surface area contributed by atoms with Crippen molar-refractivity contribution in [3.63, 3.8) is 0 Å². The van der Waals surface area contributed by atoms with Crippen LogP contribution in [0, 0.1) is 5.82 Å². The molecule has 0 spiro atoms. The Bertz CT molecular complexity index is 993. The lowest BCUT2D eigenvalue weighted by Crippen LogP contribution is -2.34. The number of rotatable bonds is 3. The van der Waals surface area contributed by atoms with Crippen LogP contribution in [0.25, 0.3) is 11.0 Å². The molecule has 3 nitrogen and oxygen atoms in total. The van der Waals surface area contributed by atoms with Gasteiger partial charge in [-0.3, -0.25) is 4.90 Å². The molecule has 2 aromatic carbocycles. The van der Waals surface area contributed by atoms with Gasteiger partial charge >= 0.3 is 6.18 Å². The van der Waals surface area contributed by atoms with E-state index in [-0.39, 0.29) is 0 Å². The van der Waals surface area contributed by atoms with Gasteiger partial charge in [-0.1, -0.05) is 6.07 Å². The van der Waals surface area contributed by atoms with Crippen LogP contribution in [-0.4, -0.2) is 27.5 Å². The number of alkyl halides is 3. The van der Waals surface area contributed by atoms with E-state index in [1.165, 1.54) is 11.6 Å². The van der Waals surface area contributed by atoms with Gasteiger partial charge in [0.1, 0.15) is 5.82 Å². The van der Waals surface area contributed by atoms with Crippen molar-refractivity contribution in [1.29, 1.82) is 0 Å². The molecule has 0 N–H and O–H groups in total. The molecule has 0 unspecified atom stereocenters. The summed E-state index contributed by atoms with van der Waals surface area (Å²) in [6, 6.07) is 9.01. The fraction of sp³-hybridized carbons (Fsp3) is 0.381. The van der Waals surface area contributed by atoms with E-state index >= 15 is 0 Å². The summed E-state index contributed by atoms with van der Waals surface area (Å²) in [7, 11) is 1.95. The Kier molecular flexibility index (Phi) is 4.87. The lowest BCUT2D eigenvalue weighted by atomic mass is 9.90. The Balaban J connectivity index is 1.52. The minimum Gasteiger partial charge on any atom is -0.334 e. The molecule has 0 aliphatic carbocycles. The average molecular weight is 391 g/mol. The molecule has 1 fully saturated rings. The number of fused-ring (bicyclic) bond motifs is 1. The number of piperidine rings is 1. The largest absolute Gasteiger partial charge is 0.416 e. The van der Waals surface area contributed by atoms with Crippen LogP contribution in [0.5, 0.6) is 0 Å². The second-order valence-electron chi connectivity index (χ2n) is 7.52. The summed E-state index contributed by atoms with van der Waals surface area (Å²) in [4.78, 5) is 6.44. The third kappa shape index (κ3) is 3.90. The van der Waals surface area contributed by atoms with Crippen LogP contribution in [0.2, 0.25) is 0 Å². The number of imidazole rings is 1. The first-order valence-electron chi connectivity index (χ1n) is 9.29. The summed E-state index contributed by atoms with van der Waals surface area (Å²) in [5.41, 5.74) is 2.64. The molecule has 0 saturated carbocycles. The van der Waals surface area contributed by atoms with Crippen LogP contribution in [0.3, 0.4) is 0 Å². The Labute approximate surface area is 160 Å². The lowest BCUT2D eigenvalue weighted by Gasteiger charge is -2.33. The Morgan fingerprint density at radius 3 is 2.75 bits per heavy atom. The van der Waals surface area contributed by atoms with E-state index in [1.54, 1.807) is 6.33 Å². The number of hydrogen-bond acceptors (Lipinski definition) is 2. The molecule has 0 bridgehead atoms. The van der Waals surface area contributed by atoms with Gasteiger partial charge in [0.05, 0.1) is 22.9 Å². The number of benzene rings is 2. The van der Waals surface area contributed by atoms with Gasteiger partial charge < -0.3 is 4.57 Å². The summed E-state index contributed by atoms with van der Waals surface area (Å²) in [6.07, 6.45) is -0.782. The number of nitrogens with zero attached hydrogens (tertiary/aromatic N) is 3. The summed E-state index contributed by atoms with van der Waals surface area (Å²) < 4.78 is 54.5. The van der Waals surface area contributed by atoms with Gasteiger partial charge in [0.2, 0.25) is 0 Å². The quantitative estimate of drug-likeness (QED) is 0.579. The van der Waals surface area contributed by atoms with E-state index in [2.05, 4.69) is 22.0 Å². The van der Waals surface area contributed by atoms with Gasteiger partial charge in [-0.2, -0.15) is 13.2 Å². The van der Waals surface area contributed by atoms with Crippen LogP contribution in [0.15, 0.2) is 42.7 Å². The molecular weight excluding hydrogens is 370 g/mol. The van der Waals surface area contributed by atoms with Crippen molar-refractivity contribution in [2.24, 2.45) is 7.05 Å². The standard InChI is InChI=1S/C21H21F4N3/c1-27-13-26-19-5-4-15(9-20(19)27)16-3-2-6-28(12-16)11-14-7-17(21(23,24)25)10-18(22)8-14/h4-5,7-10,13,16H,2-3,6,11-12H2,1H3/t16-/m0/s1. The van der Waals surface area contributed by atoms with Crippen LogP contribution in [0.4, 0.5) is 17.6 Å². The van der Waals surface area contributed by atoms with Crippen LogP contribution < -0.4 is 0 Å². The Morgan fingerprint density at radius 1 is 1.14 bits per heavy atom. The SMILES string of the molecule is Cn1cnc2ccc([C@H]3CCCN(Cc4cc(F)cc(C(F)(F)F)c4)C3)cc21. The fourth-order valence-electron chi connectivity index (χ4n) is 4.03. The first kappa shape index (κ1) is 18.9. The molecule has 3 aromatic rings. The third-order valence-corrected chi connectivity index (χ3v) is 5.42. The Morgan fingerprint density at radius 2 is 1.96 bits per heavy atom. The zero-order valence-corrected chi connectivity index (χ0v) is 15.5. The first-order chi connectivity index (χ1) is 13.3. The smallest absolute Gasteiger partial charge is 0.334 e. The summed E-state index contributed by atoms with van der Waals surface area (Å²) in [6.45, 7) is 1.84. The molecule has 0 radical (unpaired) electrons. The van der Waals surface area contributed by atoms with Crippen LogP contribution in [-0.2, 0) is 19.8 Å². The topological polar surface area (TPSA) is 21.1 Å². The molecular formula is C21H21F4N3. The van der Waals surface area contributed by atoms with E-state index in [9.17, 15) is 17.6 Å². The highest BCUT2D eigenvalue weighted by molar-refractivity contribution is 5.76. The minimum absolute atomic E-state index is 0.295. The van der Waals surface area contributed by atoms with Crippen molar-refractivity contribution in [3.8, 4) is 0 Å². The Hall–Kier alpha value is -2.41. The van der Waals surface area contributed by atoms with E-state index < -0.39 is 17.6 Å². The summed E-state index contributed by atoms with van der Waals surface area (Å²) in [5, 5.41) is 0. The van der Waals surface area contributed by atoms with Gasteiger partial charge in [-0.25, -0.2) is 9.37 Å². The molecule has 2 heterocycles. The average Bonchev–Trinajstić information content (AvgIpc) is 3.01. The van der Waals surface area contributed by atoms with E-state index in [0.29, 0.717) is 24.1 Å². The van der Waals surface area contributed by atoms with Crippen molar-refractivity contribution in [2.45, 2.75) is 31.5 Å². The molecule has 0 amide bonds. The highest BCUT2D eigenvalue weighted by Crippen LogP contribution is 2.32. The molecule has 148 valence electrons. The summed E-state index contributed by atoms with van der Waals surface area (Å²) >= 11 is 0. The maximum atomic E-state index is 13.7. The van der Waals surface area contributed by atoms with Crippen LogP contribution >= 0.6 is 0 Å². The molecule has 1 atom stereocenters. The highest BCUT2D eigenvalue weighted by Gasteiger charge is 2.31. The van der Waals surface area contributed by atoms with Gasteiger partial charge in [0.25, 0.3) is 0 Å². The lowest BCUT2D eigenvalue weighted by molar-refractivity contribution is -0.137. The molecule has 1 aromatic heterocycles. The fourth-order valence-corrected chi connectivity index (χ4v) is 4.03.